The highest BCUT2D eigenvalue weighted by molar-refractivity contribution is 6.06. The summed E-state index contributed by atoms with van der Waals surface area (Å²) in [6.07, 6.45) is 0.428. The molecule has 0 radical (unpaired) electrons. The quantitative estimate of drug-likeness (QED) is 0.0830. The number of nitrogens with zero attached hydrogens (tertiary/aromatic N) is 1. The number of anilines is 1. The molecular formula is C39H33NO7. The van der Waals surface area contributed by atoms with Crippen molar-refractivity contribution in [1.82, 2.24) is 0 Å². The van der Waals surface area contributed by atoms with Crippen LogP contribution in [-0.4, -0.2) is 57.6 Å². The summed E-state index contributed by atoms with van der Waals surface area (Å²) in [5.41, 5.74) is 5.70. The fraction of sp³-hybridized carbons (Fsp3) is 0.179. The van der Waals surface area contributed by atoms with Crippen molar-refractivity contribution in [2.75, 3.05) is 38.4 Å². The van der Waals surface area contributed by atoms with Gasteiger partial charge in [-0.2, -0.15) is 0 Å². The Hall–Kier alpha value is -5.44. The van der Waals surface area contributed by atoms with Crippen LogP contribution in [-0.2, 0) is 9.47 Å². The summed E-state index contributed by atoms with van der Waals surface area (Å²) in [5.74, 6) is 1.37. The zero-order valence-electron chi connectivity index (χ0n) is 25.8. The molecule has 2 unspecified atom stereocenters. The van der Waals surface area contributed by atoms with Crippen LogP contribution in [0.15, 0.2) is 121 Å². The zero-order valence-corrected chi connectivity index (χ0v) is 25.8. The van der Waals surface area contributed by atoms with Crippen LogP contribution >= 0.6 is 0 Å². The molecule has 0 spiro atoms. The van der Waals surface area contributed by atoms with Crippen molar-refractivity contribution >= 4 is 17.6 Å². The van der Waals surface area contributed by atoms with Gasteiger partial charge in [-0.15, -0.1) is 0 Å². The van der Waals surface area contributed by atoms with E-state index in [0.29, 0.717) is 35.8 Å². The summed E-state index contributed by atoms with van der Waals surface area (Å²) < 4.78 is 27.4. The third kappa shape index (κ3) is 7.69. The second-order valence-corrected chi connectivity index (χ2v) is 11.5. The number of amides is 1. The molecule has 7 rings (SSSR count). The number of esters is 1. The number of ether oxygens (including phenoxy) is 5. The van der Waals surface area contributed by atoms with Crippen molar-refractivity contribution in [3.8, 4) is 39.5 Å². The molecule has 2 aliphatic heterocycles. The fourth-order valence-corrected chi connectivity index (χ4v) is 5.01. The van der Waals surface area contributed by atoms with E-state index in [9.17, 15) is 9.59 Å². The van der Waals surface area contributed by atoms with Crippen LogP contribution in [0.25, 0.3) is 22.3 Å². The first-order valence-electron chi connectivity index (χ1n) is 15.5. The minimum Gasteiger partial charge on any atom is -0.491 e. The summed E-state index contributed by atoms with van der Waals surface area (Å²) in [4.78, 5) is 27.6. The van der Waals surface area contributed by atoms with Crippen LogP contribution < -0.4 is 19.1 Å². The highest BCUT2D eigenvalue weighted by atomic mass is 16.6. The van der Waals surface area contributed by atoms with Gasteiger partial charge in [0.25, 0.3) is 5.91 Å². The number of rotatable bonds is 12. The van der Waals surface area contributed by atoms with E-state index < -0.39 is 5.97 Å². The highest BCUT2D eigenvalue weighted by Crippen LogP contribution is 2.27. The minimum atomic E-state index is -0.463. The number of epoxide rings is 2. The summed E-state index contributed by atoms with van der Waals surface area (Å²) >= 11 is 0. The predicted octanol–water partition coefficient (Wildman–Crippen LogP) is 7.07. The van der Waals surface area contributed by atoms with Gasteiger partial charge in [0.05, 0.1) is 18.8 Å². The van der Waals surface area contributed by atoms with Gasteiger partial charge in [-0.25, -0.2) is 4.79 Å². The Morgan fingerprint density at radius 3 is 1.38 bits per heavy atom. The molecule has 8 nitrogen and oxygen atoms in total. The van der Waals surface area contributed by atoms with Gasteiger partial charge in [-0.3, -0.25) is 4.79 Å². The highest BCUT2D eigenvalue weighted by Gasteiger charge is 2.23. The maximum Gasteiger partial charge on any atom is 0.343 e. The monoisotopic (exact) mass is 627 g/mol. The normalized spacial score (nSPS) is 16.2. The van der Waals surface area contributed by atoms with E-state index in [-0.39, 0.29) is 18.1 Å². The van der Waals surface area contributed by atoms with Crippen molar-refractivity contribution in [3.63, 3.8) is 0 Å². The van der Waals surface area contributed by atoms with E-state index in [1.807, 2.05) is 84.9 Å². The van der Waals surface area contributed by atoms with Gasteiger partial charge in [0.1, 0.15) is 42.7 Å². The lowest BCUT2D eigenvalue weighted by molar-refractivity contribution is 0.0734. The van der Waals surface area contributed by atoms with Crippen molar-refractivity contribution in [3.05, 3.63) is 132 Å². The number of benzene rings is 5. The van der Waals surface area contributed by atoms with Gasteiger partial charge in [0.15, 0.2) is 0 Å². The molecular weight excluding hydrogens is 594 g/mol. The summed E-state index contributed by atoms with van der Waals surface area (Å²) in [6.45, 7) is 2.66. The molecule has 8 heteroatoms. The van der Waals surface area contributed by atoms with Gasteiger partial charge >= 0.3 is 5.97 Å². The van der Waals surface area contributed by atoms with E-state index in [1.165, 1.54) is 0 Å². The Bertz CT molecular complexity index is 1830. The second kappa shape index (κ2) is 13.5. The van der Waals surface area contributed by atoms with E-state index >= 15 is 0 Å². The molecule has 0 saturated carbocycles. The van der Waals surface area contributed by atoms with E-state index in [1.54, 1.807) is 48.3 Å². The molecule has 1 amide bonds. The molecule has 0 aromatic heterocycles. The third-order valence-electron chi connectivity index (χ3n) is 8.04. The van der Waals surface area contributed by atoms with Crippen LogP contribution in [0.5, 0.6) is 17.2 Å². The average molecular weight is 628 g/mol. The van der Waals surface area contributed by atoms with E-state index in [4.69, 9.17) is 23.7 Å². The van der Waals surface area contributed by atoms with Crippen molar-refractivity contribution < 1.29 is 33.3 Å². The number of carbonyl (C=O) groups excluding carboxylic acids is 2. The third-order valence-corrected chi connectivity index (χ3v) is 8.04. The van der Waals surface area contributed by atoms with Crippen LogP contribution in [0.1, 0.15) is 20.7 Å². The lowest BCUT2D eigenvalue weighted by Crippen LogP contribution is -2.26. The lowest BCUT2D eigenvalue weighted by atomic mass is 10.0. The van der Waals surface area contributed by atoms with Crippen LogP contribution in [0.2, 0.25) is 0 Å². The van der Waals surface area contributed by atoms with Gasteiger partial charge in [0, 0.05) is 18.3 Å². The molecule has 0 aliphatic carbocycles. The zero-order chi connectivity index (χ0) is 32.2. The smallest absolute Gasteiger partial charge is 0.343 e. The van der Waals surface area contributed by atoms with Gasteiger partial charge in [-0.05, 0) is 95.1 Å². The first-order chi connectivity index (χ1) is 23.0. The number of carbonyl (C=O) groups is 2. The Balaban J connectivity index is 0.919. The molecule has 0 N–H and O–H groups in total. The molecule has 2 fully saturated rings. The topological polar surface area (TPSA) is 90.1 Å². The first-order valence-corrected chi connectivity index (χ1v) is 15.5. The maximum absolute atomic E-state index is 13.2. The van der Waals surface area contributed by atoms with Gasteiger partial charge < -0.3 is 28.6 Å². The van der Waals surface area contributed by atoms with Crippen molar-refractivity contribution in [2.24, 2.45) is 0 Å². The molecule has 5 aromatic carbocycles. The van der Waals surface area contributed by atoms with E-state index in [2.05, 4.69) is 0 Å². The van der Waals surface area contributed by atoms with Gasteiger partial charge in [0.2, 0.25) is 0 Å². The summed E-state index contributed by atoms with van der Waals surface area (Å²) in [5, 5.41) is 0. The van der Waals surface area contributed by atoms with Crippen LogP contribution in [0, 0.1) is 0 Å². The van der Waals surface area contributed by atoms with Gasteiger partial charge in [-0.1, -0.05) is 48.5 Å². The predicted molar refractivity (Wildman–Crippen MR) is 178 cm³/mol. The Kier molecular flexibility index (Phi) is 8.68. The molecule has 2 heterocycles. The Morgan fingerprint density at radius 1 is 0.574 bits per heavy atom. The second-order valence-electron chi connectivity index (χ2n) is 11.5. The summed E-state index contributed by atoms with van der Waals surface area (Å²) in [6, 6.07) is 37.3. The fourth-order valence-electron chi connectivity index (χ4n) is 5.01. The molecule has 236 valence electrons. The minimum absolute atomic E-state index is 0.151. The number of hydrogen-bond donors (Lipinski definition) is 0. The standard InChI is InChI=1S/C39H33NO7/c1-40(38(41)30-6-2-26(3-7-30)28-10-16-33(17-11-28)43-22-36-24-45-36)32-14-20-35(21-15-32)47-39(42)31-8-4-27(5-9-31)29-12-18-34(19-13-29)44-23-37-25-46-37/h2-21,36-37H,22-25H2,1H3. The molecule has 47 heavy (non-hydrogen) atoms. The van der Waals surface area contributed by atoms with Crippen molar-refractivity contribution in [2.45, 2.75) is 12.2 Å². The largest absolute Gasteiger partial charge is 0.491 e. The number of hydrogen-bond acceptors (Lipinski definition) is 7. The first kappa shape index (κ1) is 30.2. The SMILES string of the molecule is CN(C(=O)c1ccc(-c2ccc(OCC3CO3)cc2)cc1)c1ccc(OC(=O)c2ccc(-c3ccc(OCC4CO4)cc3)cc2)cc1. The molecule has 0 bridgehead atoms. The van der Waals surface area contributed by atoms with E-state index in [0.717, 1.165) is 47.0 Å². The molecule has 2 aliphatic rings. The molecule has 2 saturated heterocycles. The molecule has 5 aromatic rings. The molecule has 2 atom stereocenters. The average Bonchev–Trinajstić information content (AvgIpc) is 4.07. The Morgan fingerprint density at radius 2 is 0.957 bits per heavy atom. The maximum atomic E-state index is 13.2. The van der Waals surface area contributed by atoms with Crippen molar-refractivity contribution in [1.29, 1.82) is 0 Å². The van der Waals surface area contributed by atoms with Crippen LogP contribution in [0.4, 0.5) is 5.69 Å². The Labute approximate surface area is 273 Å². The summed E-state index contributed by atoms with van der Waals surface area (Å²) in [7, 11) is 1.72. The van der Waals surface area contributed by atoms with Crippen LogP contribution in [0.3, 0.4) is 0 Å². The lowest BCUT2D eigenvalue weighted by Gasteiger charge is -2.18.